The Kier molecular flexibility index (Phi) is 59.5. The van der Waals surface area contributed by atoms with Crippen molar-refractivity contribution in [2.24, 2.45) is 0 Å². The maximum Gasteiger partial charge on any atom is 0.408 e. The van der Waals surface area contributed by atoms with Gasteiger partial charge in [-0.3, -0.25) is 28.8 Å². The topological polar surface area (TPSA) is 367 Å². The normalized spacial score (nSPS) is 20.9. The number of ether oxygens (including phenoxy) is 8. The number of alkyl carbamates (subject to hydrolysis) is 1. The number of ketones is 1. The van der Waals surface area contributed by atoms with Crippen LogP contribution < -0.4 is 36.6 Å². The van der Waals surface area contributed by atoms with Crippen LogP contribution in [0.15, 0.2) is 170 Å². The molecule has 3 rings (SSSR count). The van der Waals surface area contributed by atoms with Gasteiger partial charge in [-0.05, 0) is 153 Å². The number of hydrogen-bond donors (Lipinski definition) is 11. The van der Waals surface area contributed by atoms with Crippen molar-refractivity contribution >= 4 is 41.4 Å². The molecule has 13 atom stereocenters. The summed E-state index contributed by atoms with van der Waals surface area (Å²) >= 11 is 0. The largest absolute Gasteiger partial charge is 0.492 e. The fourth-order valence-corrected chi connectivity index (χ4v) is 12.2. The van der Waals surface area contributed by atoms with Gasteiger partial charge < -0.3 is 95.3 Å². The molecule has 11 N–H and O–H groups in total. The van der Waals surface area contributed by atoms with Crippen LogP contribution >= 0.6 is 0 Å². The SMILES string of the molecule is CC/C=C\C/C=C\C/C=C\C/C=C\C/C=C\C/C=C\CCC(=O)NCCOc1ccc(C[C@H](NC(=O)CC/C=C\C/C=C\C/C=C\C/C=C\C/C=C\C/C=C\CC)C(=O)NCCCC[C@H](NC(=O)CCCCCC)C(=O)NCCCC[C@H](NC(=O)O[C@@H]2C(O)[C@H](OCC3O[C@@H](OC)C(O)[C@@H](O)[C@@H]3O)OC(COC)[C@H]2O)C(=O)COC)cc1. The number of methoxy groups -OCH3 is 3. The summed E-state index contributed by atoms with van der Waals surface area (Å²) in [6.45, 7) is 6.06. The molecule has 1 aromatic carbocycles. The van der Waals surface area contributed by atoms with E-state index in [4.69, 9.17) is 37.9 Å². The predicted octanol–water partition coefficient (Wildman–Crippen LogP) is 11.4. The zero-order valence-corrected chi connectivity index (χ0v) is 70.3. The number of rotatable bonds is 64. The predicted molar refractivity (Wildman–Crippen MR) is 456 cm³/mol. The maximum absolute atomic E-state index is 14.1. The fourth-order valence-electron chi connectivity index (χ4n) is 12.2. The van der Waals surface area contributed by atoms with E-state index in [-0.39, 0.29) is 82.5 Å². The molecule has 2 aliphatic heterocycles. The summed E-state index contributed by atoms with van der Waals surface area (Å²) in [4.78, 5) is 94.2. The quantitative estimate of drug-likeness (QED) is 0.0213. The molecule has 0 saturated carbocycles. The number of nitrogens with one attached hydrogen (secondary N) is 6. The third kappa shape index (κ3) is 48.4. The van der Waals surface area contributed by atoms with Gasteiger partial charge in [-0.25, -0.2) is 4.79 Å². The van der Waals surface area contributed by atoms with Crippen LogP contribution in [0.4, 0.5) is 4.79 Å². The minimum Gasteiger partial charge on any atom is -0.492 e. The van der Waals surface area contributed by atoms with E-state index in [9.17, 15) is 59.1 Å². The molecular weight excluding hydrogens is 1500 g/mol. The molecule has 2 saturated heterocycles. The van der Waals surface area contributed by atoms with Crippen molar-refractivity contribution in [2.45, 2.75) is 280 Å². The van der Waals surface area contributed by atoms with Gasteiger partial charge in [-0.15, -0.1) is 0 Å². The van der Waals surface area contributed by atoms with Crippen LogP contribution in [-0.2, 0) is 68.3 Å². The van der Waals surface area contributed by atoms with Crippen LogP contribution in [0.5, 0.6) is 5.75 Å². The standard InChI is InChI=1S/C91H140N6O20/c1-7-10-13-16-18-20-22-24-26-28-30-32-34-36-38-40-42-44-47-55-78(99)92-64-65-113-71-60-58-70(59-61-71)66-74(96-80(101)57-48-45-43-41-39-37-35-33-31-29-27-25-23-21-19-17-14-11-8-2)88(108)94-63-52-50-54-73(95-79(100)56-46-15-12-9-3)87(107)93-62-51-49-53-72(75(98)67-110-4)97-91(109)117-86-82(103)76(68-111-5)116-90(85(86)106)114-69-77-81(102)83(104)84(105)89(112-6)115-77/h10-11,13-14,18-21,24-27,30-33,36-39,42-45,58-61,72-74,76-77,81-86,89-90,102-106H,7-9,12,15-17,22-23,28-29,34-35,40-41,46-57,62-69H2,1-6H3,(H,92,99)(H,93,107)(H,94,108)(H,95,100)(H,96,101)(H,97,109)/b13-10-,14-11-,20-18-,21-19-,26-24-,27-25-,32-30-,33-31-,38-36-,39-37-,44-42-,45-43-/t72-,73-,74-,76?,77?,81+,82+,83-,84?,85?,86-,89+,90+/m0/s1. The summed E-state index contributed by atoms with van der Waals surface area (Å²) in [5.41, 5.74) is 0.769. The monoisotopic (exact) mass is 1640 g/mol. The van der Waals surface area contributed by atoms with Gasteiger partial charge in [0.2, 0.25) is 29.5 Å². The van der Waals surface area contributed by atoms with Crippen molar-refractivity contribution in [3.63, 3.8) is 0 Å². The van der Waals surface area contributed by atoms with Gasteiger partial charge >= 0.3 is 6.09 Å². The van der Waals surface area contributed by atoms with E-state index in [1.807, 2.05) is 30.4 Å². The van der Waals surface area contributed by atoms with Gasteiger partial charge in [-0.1, -0.05) is 198 Å². The number of Topliss-reactive ketones (excluding diaryl/α,β-unsaturated/α-hetero) is 1. The van der Waals surface area contributed by atoms with Gasteiger partial charge in [0.25, 0.3) is 0 Å². The van der Waals surface area contributed by atoms with E-state index in [1.165, 1.54) is 21.3 Å². The van der Waals surface area contributed by atoms with Crippen LogP contribution in [0.2, 0.25) is 0 Å². The third-order valence-corrected chi connectivity index (χ3v) is 18.8. The first kappa shape index (κ1) is 103. The lowest BCUT2D eigenvalue weighted by atomic mass is 9.98. The van der Waals surface area contributed by atoms with Crippen molar-refractivity contribution in [3.8, 4) is 5.75 Å². The van der Waals surface area contributed by atoms with E-state index < -0.39 is 116 Å². The lowest BCUT2D eigenvalue weighted by Gasteiger charge is -2.43. The van der Waals surface area contributed by atoms with Gasteiger partial charge in [0.15, 0.2) is 24.5 Å². The average molecular weight is 1640 g/mol. The molecule has 0 aliphatic carbocycles. The molecule has 117 heavy (non-hydrogen) atoms. The summed E-state index contributed by atoms with van der Waals surface area (Å²) in [6.07, 6.45) is 52.6. The molecule has 2 heterocycles. The Morgan fingerprint density at radius 3 is 1.38 bits per heavy atom. The van der Waals surface area contributed by atoms with E-state index in [0.717, 1.165) is 95.5 Å². The van der Waals surface area contributed by atoms with Crippen molar-refractivity contribution in [2.75, 3.05) is 67.4 Å². The lowest BCUT2D eigenvalue weighted by molar-refractivity contribution is -0.328. The average Bonchev–Trinajstić information content (AvgIpc) is 0.798. The number of allylic oxidation sites excluding steroid dienone is 24. The number of carbonyl (C=O) groups is 7. The number of benzene rings is 1. The summed E-state index contributed by atoms with van der Waals surface area (Å²) in [7, 11) is 3.85. The van der Waals surface area contributed by atoms with Gasteiger partial charge in [0.1, 0.15) is 73.8 Å². The van der Waals surface area contributed by atoms with E-state index in [2.05, 4.69) is 180 Å². The van der Waals surface area contributed by atoms with Crippen molar-refractivity contribution in [1.82, 2.24) is 31.9 Å². The fraction of sp³-hybridized carbons (Fsp3) is 0.593. The highest BCUT2D eigenvalue weighted by Gasteiger charge is 2.50. The molecule has 4 unspecified atom stereocenters. The Morgan fingerprint density at radius 1 is 0.427 bits per heavy atom. The molecule has 0 radical (unpaired) electrons. The second-order valence-electron chi connectivity index (χ2n) is 28.6. The molecule has 2 aliphatic rings. The van der Waals surface area contributed by atoms with Crippen LogP contribution in [0.25, 0.3) is 0 Å². The minimum atomic E-state index is -1.85. The first-order valence-corrected chi connectivity index (χ1v) is 42.2. The van der Waals surface area contributed by atoms with Gasteiger partial charge in [-0.2, -0.15) is 0 Å². The highest BCUT2D eigenvalue weighted by Crippen LogP contribution is 2.28. The molecule has 6 amide bonds. The molecule has 26 heteroatoms. The second kappa shape index (κ2) is 67.6. The Balaban J connectivity index is 1.59. The number of amides is 6. The molecule has 1 aromatic rings. The Hall–Kier alpha value is -8.25. The Bertz CT molecular complexity index is 3270. The first-order chi connectivity index (χ1) is 56.9. The number of hydrogen-bond acceptors (Lipinski definition) is 20. The van der Waals surface area contributed by atoms with Crippen molar-refractivity contribution < 1.29 is 97.0 Å². The highest BCUT2D eigenvalue weighted by atomic mass is 16.7. The smallest absolute Gasteiger partial charge is 0.408 e. The number of unbranched alkanes of at least 4 members (excludes halogenated alkanes) is 5. The Morgan fingerprint density at radius 2 is 0.889 bits per heavy atom. The Labute approximate surface area is 695 Å². The van der Waals surface area contributed by atoms with Crippen LogP contribution in [0, 0.1) is 0 Å². The first-order valence-electron chi connectivity index (χ1n) is 42.2. The lowest BCUT2D eigenvalue weighted by Crippen LogP contribution is -2.63. The van der Waals surface area contributed by atoms with E-state index >= 15 is 0 Å². The molecule has 0 aromatic heterocycles. The van der Waals surface area contributed by atoms with E-state index in [0.29, 0.717) is 63.7 Å². The maximum atomic E-state index is 14.1. The van der Waals surface area contributed by atoms with Crippen LogP contribution in [0.1, 0.15) is 200 Å². The molecule has 0 bridgehead atoms. The molecule has 0 spiro atoms. The third-order valence-electron chi connectivity index (χ3n) is 18.8. The summed E-state index contributed by atoms with van der Waals surface area (Å²) in [6, 6.07) is 4.19. The molecule has 26 nitrogen and oxygen atoms in total. The summed E-state index contributed by atoms with van der Waals surface area (Å²) in [5, 5.41) is 70.8. The molecule has 2 fully saturated rings. The van der Waals surface area contributed by atoms with Crippen LogP contribution in [-0.4, -0.2) is 214 Å². The summed E-state index contributed by atoms with van der Waals surface area (Å²) < 4.78 is 43.8. The zero-order valence-electron chi connectivity index (χ0n) is 70.3. The highest BCUT2D eigenvalue weighted by molar-refractivity contribution is 5.89. The minimum absolute atomic E-state index is 0.0496. The second-order valence-corrected chi connectivity index (χ2v) is 28.6. The van der Waals surface area contributed by atoms with Crippen LogP contribution in [0.3, 0.4) is 0 Å². The van der Waals surface area contributed by atoms with Gasteiger partial charge in [0.05, 0.1) is 25.8 Å². The number of carbonyl (C=O) groups excluding carboxylic acids is 7. The molecule has 654 valence electrons. The zero-order chi connectivity index (χ0) is 85.1. The number of aliphatic hydroxyl groups is 5. The molecular formula is C91H140N6O20. The van der Waals surface area contributed by atoms with E-state index in [1.54, 1.807) is 12.1 Å². The van der Waals surface area contributed by atoms with Gasteiger partial charge in [0, 0.05) is 60.1 Å². The summed E-state index contributed by atoms with van der Waals surface area (Å²) in [5.74, 6) is -1.43. The number of aliphatic hydroxyl groups excluding tert-OH is 5. The van der Waals surface area contributed by atoms with Crippen molar-refractivity contribution in [1.29, 1.82) is 0 Å². The van der Waals surface area contributed by atoms with Crippen molar-refractivity contribution in [3.05, 3.63) is 176 Å².